The van der Waals surface area contributed by atoms with Crippen LogP contribution in [0, 0.1) is 0 Å². The van der Waals surface area contributed by atoms with Gasteiger partial charge >= 0.3 is 0 Å². The van der Waals surface area contributed by atoms with Crippen LogP contribution in [0.2, 0.25) is 5.02 Å². The molecule has 4 heteroatoms. The molecule has 1 saturated heterocycles. The maximum Gasteiger partial charge on any atom is 0.121 e. The molecule has 110 valence electrons. The molecule has 1 aromatic carbocycles. The fraction of sp³-hybridized carbons (Fsp3) is 0.625. The van der Waals surface area contributed by atoms with E-state index in [9.17, 15) is 5.11 Å². The molecule has 0 amide bonds. The number of hydrogen-bond donors (Lipinski definition) is 1. The Morgan fingerprint density at radius 1 is 1.10 bits per heavy atom. The van der Waals surface area contributed by atoms with Crippen molar-refractivity contribution in [2.24, 2.45) is 0 Å². The van der Waals surface area contributed by atoms with Gasteiger partial charge in [-0.2, -0.15) is 0 Å². The zero-order valence-electron chi connectivity index (χ0n) is 11.9. The number of piperazine rings is 1. The third-order valence-electron chi connectivity index (χ3n) is 4.72. The van der Waals surface area contributed by atoms with E-state index in [1.807, 2.05) is 6.07 Å². The summed E-state index contributed by atoms with van der Waals surface area (Å²) in [7, 11) is 0. The fourth-order valence-corrected chi connectivity index (χ4v) is 3.71. The van der Waals surface area contributed by atoms with E-state index in [1.54, 1.807) is 12.1 Å². The van der Waals surface area contributed by atoms with E-state index in [1.165, 1.54) is 25.7 Å². The Kier molecular flexibility index (Phi) is 4.49. The lowest BCUT2D eigenvalue weighted by atomic mass is 10.1. The van der Waals surface area contributed by atoms with Crippen molar-refractivity contribution in [1.82, 2.24) is 9.80 Å². The molecular weight excluding hydrogens is 272 g/mol. The van der Waals surface area contributed by atoms with Crippen molar-refractivity contribution in [3.8, 4) is 5.75 Å². The van der Waals surface area contributed by atoms with Crippen molar-refractivity contribution in [2.45, 2.75) is 38.3 Å². The first-order chi connectivity index (χ1) is 9.74. The Morgan fingerprint density at radius 2 is 1.80 bits per heavy atom. The van der Waals surface area contributed by atoms with Gasteiger partial charge in [-0.1, -0.05) is 30.5 Å². The molecule has 1 aliphatic carbocycles. The first kappa shape index (κ1) is 14.2. The SMILES string of the molecule is Oc1cccc(Cl)c1CN1CCN(C2CCCC2)CC1. The van der Waals surface area contributed by atoms with E-state index in [-0.39, 0.29) is 0 Å². The Labute approximate surface area is 126 Å². The van der Waals surface area contributed by atoms with Crippen LogP contribution in [0.5, 0.6) is 5.75 Å². The van der Waals surface area contributed by atoms with Gasteiger partial charge in [0, 0.05) is 49.4 Å². The first-order valence-corrected chi connectivity index (χ1v) is 8.04. The monoisotopic (exact) mass is 294 g/mol. The van der Waals surface area contributed by atoms with Crippen molar-refractivity contribution in [3.05, 3.63) is 28.8 Å². The van der Waals surface area contributed by atoms with Crippen LogP contribution in [0.15, 0.2) is 18.2 Å². The topological polar surface area (TPSA) is 26.7 Å². The van der Waals surface area contributed by atoms with Crippen LogP contribution < -0.4 is 0 Å². The summed E-state index contributed by atoms with van der Waals surface area (Å²) in [6.45, 7) is 5.19. The van der Waals surface area contributed by atoms with Gasteiger partial charge < -0.3 is 5.11 Å². The molecule has 1 N–H and O–H groups in total. The third-order valence-corrected chi connectivity index (χ3v) is 5.08. The molecule has 3 rings (SSSR count). The van der Waals surface area contributed by atoms with Crippen molar-refractivity contribution >= 4 is 11.6 Å². The molecule has 2 fully saturated rings. The molecule has 0 bridgehead atoms. The Balaban J connectivity index is 1.56. The maximum atomic E-state index is 9.93. The van der Waals surface area contributed by atoms with Gasteiger partial charge in [0.1, 0.15) is 5.75 Å². The number of phenolic OH excluding ortho intramolecular Hbond substituents is 1. The van der Waals surface area contributed by atoms with E-state index in [0.717, 1.165) is 44.3 Å². The minimum Gasteiger partial charge on any atom is -0.508 e. The molecule has 0 unspecified atom stereocenters. The molecule has 1 saturated carbocycles. The molecule has 1 aromatic rings. The predicted octanol–water partition coefficient (Wildman–Crippen LogP) is 3.11. The lowest BCUT2D eigenvalue weighted by Crippen LogP contribution is -2.49. The second kappa shape index (κ2) is 6.33. The van der Waals surface area contributed by atoms with E-state index in [2.05, 4.69) is 9.80 Å². The van der Waals surface area contributed by atoms with Crippen LogP contribution in [0.4, 0.5) is 0 Å². The number of rotatable bonds is 3. The molecule has 1 aliphatic heterocycles. The highest BCUT2D eigenvalue weighted by Gasteiger charge is 2.26. The van der Waals surface area contributed by atoms with Crippen LogP contribution in [0.25, 0.3) is 0 Å². The molecule has 1 heterocycles. The third kappa shape index (κ3) is 3.11. The number of aromatic hydroxyl groups is 1. The largest absolute Gasteiger partial charge is 0.508 e. The Hall–Kier alpha value is -0.770. The summed E-state index contributed by atoms with van der Waals surface area (Å²) < 4.78 is 0. The van der Waals surface area contributed by atoms with Crippen molar-refractivity contribution in [1.29, 1.82) is 0 Å². The zero-order chi connectivity index (χ0) is 13.9. The second-order valence-electron chi connectivity index (χ2n) is 5.99. The number of hydrogen-bond acceptors (Lipinski definition) is 3. The number of phenols is 1. The summed E-state index contributed by atoms with van der Waals surface area (Å²) in [6.07, 6.45) is 5.56. The normalized spacial score (nSPS) is 22.4. The van der Waals surface area contributed by atoms with Gasteiger partial charge in [0.2, 0.25) is 0 Å². The Bertz CT molecular complexity index is 432. The molecule has 0 atom stereocenters. The van der Waals surface area contributed by atoms with Gasteiger partial charge in [0.05, 0.1) is 0 Å². The molecule has 0 spiro atoms. The lowest BCUT2D eigenvalue weighted by Gasteiger charge is -2.38. The number of halogens is 1. The smallest absolute Gasteiger partial charge is 0.121 e. The molecular formula is C16H23ClN2O. The highest BCUT2D eigenvalue weighted by atomic mass is 35.5. The summed E-state index contributed by atoms with van der Waals surface area (Å²) >= 11 is 6.18. The molecule has 0 radical (unpaired) electrons. The molecule has 2 aliphatic rings. The minimum atomic E-state index is 0.315. The van der Waals surface area contributed by atoms with Gasteiger partial charge in [0.25, 0.3) is 0 Å². The zero-order valence-corrected chi connectivity index (χ0v) is 12.6. The lowest BCUT2D eigenvalue weighted by molar-refractivity contribution is 0.0932. The maximum absolute atomic E-state index is 9.93. The molecule has 0 aromatic heterocycles. The van der Waals surface area contributed by atoms with Crippen LogP contribution in [-0.2, 0) is 6.54 Å². The fourth-order valence-electron chi connectivity index (χ4n) is 3.48. The predicted molar refractivity (Wildman–Crippen MR) is 82.2 cm³/mol. The van der Waals surface area contributed by atoms with E-state index in [0.29, 0.717) is 10.8 Å². The summed E-state index contributed by atoms with van der Waals surface area (Å²) in [5, 5.41) is 10.6. The summed E-state index contributed by atoms with van der Waals surface area (Å²) in [5.41, 5.74) is 0.864. The van der Waals surface area contributed by atoms with Crippen molar-refractivity contribution in [2.75, 3.05) is 26.2 Å². The van der Waals surface area contributed by atoms with Gasteiger partial charge in [0.15, 0.2) is 0 Å². The van der Waals surface area contributed by atoms with Crippen LogP contribution in [0.3, 0.4) is 0 Å². The van der Waals surface area contributed by atoms with Gasteiger partial charge in [-0.15, -0.1) is 0 Å². The van der Waals surface area contributed by atoms with Gasteiger partial charge in [-0.25, -0.2) is 0 Å². The standard InChI is InChI=1S/C16H23ClN2O/c17-15-6-3-7-16(20)14(15)12-18-8-10-19(11-9-18)13-4-1-2-5-13/h3,6-7,13,20H,1-2,4-5,8-12H2. The van der Waals surface area contributed by atoms with Crippen LogP contribution in [-0.4, -0.2) is 47.1 Å². The first-order valence-electron chi connectivity index (χ1n) is 7.67. The summed E-state index contributed by atoms with van der Waals surface area (Å²) in [6, 6.07) is 6.19. The van der Waals surface area contributed by atoms with Crippen LogP contribution >= 0.6 is 11.6 Å². The van der Waals surface area contributed by atoms with E-state index in [4.69, 9.17) is 11.6 Å². The average molecular weight is 295 g/mol. The number of nitrogens with zero attached hydrogens (tertiary/aromatic N) is 2. The highest BCUT2D eigenvalue weighted by Crippen LogP contribution is 2.28. The Morgan fingerprint density at radius 3 is 2.45 bits per heavy atom. The van der Waals surface area contributed by atoms with Crippen LogP contribution in [0.1, 0.15) is 31.2 Å². The average Bonchev–Trinajstić information content (AvgIpc) is 2.98. The minimum absolute atomic E-state index is 0.315. The van der Waals surface area contributed by atoms with Gasteiger partial charge in [-0.05, 0) is 25.0 Å². The van der Waals surface area contributed by atoms with Crippen molar-refractivity contribution in [3.63, 3.8) is 0 Å². The summed E-state index contributed by atoms with van der Waals surface area (Å²) in [4.78, 5) is 5.04. The highest BCUT2D eigenvalue weighted by molar-refractivity contribution is 6.31. The number of benzene rings is 1. The van der Waals surface area contributed by atoms with Gasteiger partial charge in [-0.3, -0.25) is 9.80 Å². The molecule has 3 nitrogen and oxygen atoms in total. The second-order valence-corrected chi connectivity index (χ2v) is 6.40. The molecule has 20 heavy (non-hydrogen) atoms. The summed E-state index contributed by atoms with van der Waals surface area (Å²) in [5.74, 6) is 0.315. The van der Waals surface area contributed by atoms with Crippen molar-refractivity contribution < 1.29 is 5.11 Å². The van der Waals surface area contributed by atoms with E-state index < -0.39 is 0 Å². The quantitative estimate of drug-likeness (QED) is 0.928. The van der Waals surface area contributed by atoms with E-state index >= 15 is 0 Å².